The van der Waals surface area contributed by atoms with Crippen LogP contribution in [0.25, 0.3) is 0 Å². The van der Waals surface area contributed by atoms with Gasteiger partial charge in [0.15, 0.2) is 20.8 Å². The first-order valence-corrected chi connectivity index (χ1v) is 12.2. The number of carbonyl (C=O) groups excluding carboxylic acids is 2. The summed E-state index contributed by atoms with van der Waals surface area (Å²) >= 11 is 1.24. The second-order valence-corrected chi connectivity index (χ2v) is 10.8. The molecular formula is C20H24N4O4S2. The molecule has 1 fully saturated rings. The summed E-state index contributed by atoms with van der Waals surface area (Å²) in [6, 6.07) is 6.77. The predicted molar refractivity (Wildman–Crippen MR) is 117 cm³/mol. The molecule has 2 aromatic rings. The van der Waals surface area contributed by atoms with Gasteiger partial charge in [0, 0.05) is 23.7 Å². The molecule has 30 heavy (non-hydrogen) atoms. The lowest BCUT2D eigenvalue weighted by molar-refractivity contribution is -0.115. The Labute approximate surface area is 180 Å². The molecule has 1 aliphatic heterocycles. The number of sulfone groups is 1. The summed E-state index contributed by atoms with van der Waals surface area (Å²) in [7, 11) is -3.05. The molecule has 1 amide bonds. The van der Waals surface area contributed by atoms with Crippen LogP contribution in [-0.2, 0) is 21.2 Å². The number of rotatable bonds is 8. The number of aromatic nitrogens is 3. The van der Waals surface area contributed by atoms with Crippen LogP contribution in [0, 0.1) is 0 Å². The van der Waals surface area contributed by atoms with Crippen molar-refractivity contribution in [2.24, 2.45) is 0 Å². The Morgan fingerprint density at radius 2 is 2.17 bits per heavy atom. The summed E-state index contributed by atoms with van der Waals surface area (Å²) in [5.74, 6) is 0.316. The topological polar surface area (TPSA) is 111 Å². The molecule has 2 heterocycles. The Bertz CT molecular complexity index is 1080. The zero-order chi connectivity index (χ0) is 21.9. The van der Waals surface area contributed by atoms with Crippen LogP contribution >= 0.6 is 11.8 Å². The number of carbonyl (C=O) groups is 2. The minimum absolute atomic E-state index is 0.0650. The lowest BCUT2D eigenvalue weighted by Gasteiger charge is -2.14. The van der Waals surface area contributed by atoms with Gasteiger partial charge in [-0.1, -0.05) is 30.0 Å². The molecule has 2 atom stereocenters. The first kappa shape index (κ1) is 22.2. The van der Waals surface area contributed by atoms with E-state index in [0.717, 1.165) is 0 Å². The van der Waals surface area contributed by atoms with Gasteiger partial charge in [-0.2, -0.15) is 0 Å². The SMILES string of the molecule is C=CCn1c(S[C@H](C)C(=O)Nc2cccc(C(C)=O)c2)nnc1[C@@H]1CCS(=O)(=O)C1. The molecule has 10 heteroatoms. The Balaban J connectivity index is 1.73. The van der Waals surface area contributed by atoms with E-state index in [2.05, 4.69) is 22.1 Å². The van der Waals surface area contributed by atoms with Gasteiger partial charge in [-0.3, -0.25) is 9.59 Å². The van der Waals surface area contributed by atoms with Gasteiger partial charge in [0.2, 0.25) is 5.91 Å². The quantitative estimate of drug-likeness (QED) is 0.375. The van der Waals surface area contributed by atoms with Crippen molar-refractivity contribution >= 4 is 39.0 Å². The summed E-state index contributed by atoms with van der Waals surface area (Å²) in [5.41, 5.74) is 1.07. The largest absolute Gasteiger partial charge is 0.325 e. The number of allylic oxidation sites excluding steroid dienone is 1. The van der Waals surface area contributed by atoms with Crippen molar-refractivity contribution in [2.45, 2.75) is 43.1 Å². The van der Waals surface area contributed by atoms with Crippen LogP contribution in [-0.4, -0.2) is 51.6 Å². The summed E-state index contributed by atoms with van der Waals surface area (Å²) in [5, 5.41) is 11.3. The maximum absolute atomic E-state index is 12.6. The highest BCUT2D eigenvalue weighted by Crippen LogP contribution is 2.31. The Kier molecular flexibility index (Phi) is 6.77. The molecular weight excluding hydrogens is 424 g/mol. The number of ketones is 1. The van der Waals surface area contributed by atoms with Crippen molar-refractivity contribution in [1.29, 1.82) is 0 Å². The van der Waals surface area contributed by atoms with Gasteiger partial charge in [-0.05, 0) is 32.4 Å². The summed E-state index contributed by atoms with van der Waals surface area (Å²) < 4.78 is 25.5. The molecule has 1 saturated heterocycles. The predicted octanol–water partition coefficient (Wildman–Crippen LogP) is 2.69. The number of hydrogen-bond acceptors (Lipinski definition) is 7. The average molecular weight is 449 g/mol. The van der Waals surface area contributed by atoms with Crippen molar-refractivity contribution < 1.29 is 18.0 Å². The van der Waals surface area contributed by atoms with Crippen LogP contribution in [0.15, 0.2) is 42.1 Å². The molecule has 0 aliphatic carbocycles. The molecule has 160 valence electrons. The number of hydrogen-bond donors (Lipinski definition) is 1. The maximum Gasteiger partial charge on any atom is 0.237 e. The second kappa shape index (κ2) is 9.13. The zero-order valence-corrected chi connectivity index (χ0v) is 18.5. The summed E-state index contributed by atoms with van der Waals surface area (Å²) in [6.07, 6.45) is 2.21. The third-order valence-corrected chi connectivity index (χ3v) is 7.69. The van der Waals surface area contributed by atoms with Crippen molar-refractivity contribution in [1.82, 2.24) is 14.8 Å². The Morgan fingerprint density at radius 1 is 1.40 bits per heavy atom. The van der Waals surface area contributed by atoms with E-state index in [-0.39, 0.29) is 29.1 Å². The van der Waals surface area contributed by atoms with Gasteiger partial charge in [0.1, 0.15) is 5.82 Å². The van der Waals surface area contributed by atoms with Crippen molar-refractivity contribution in [3.8, 4) is 0 Å². The summed E-state index contributed by atoms with van der Waals surface area (Å²) in [6.45, 7) is 7.40. The highest BCUT2D eigenvalue weighted by molar-refractivity contribution is 8.00. The van der Waals surface area contributed by atoms with Gasteiger partial charge in [0.25, 0.3) is 0 Å². The van der Waals surface area contributed by atoms with E-state index in [1.807, 2.05) is 4.57 Å². The average Bonchev–Trinajstić information content (AvgIpc) is 3.25. The van der Waals surface area contributed by atoms with Crippen LogP contribution in [0.3, 0.4) is 0 Å². The first-order chi connectivity index (χ1) is 14.2. The molecule has 0 radical (unpaired) electrons. The minimum atomic E-state index is -3.05. The molecule has 8 nitrogen and oxygen atoms in total. The fourth-order valence-corrected chi connectivity index (χ4v) is 5.86. The molecule has 1 aliphatic rings. The third kappa shape index (κ3) is 5.17. The maximum atomic E-state index is 12.6. The molecule has 3 rings (SSSR count). The van der Waals surface area contributed by atoms with Crippen LogP contribution < -0.4 is 5.32 Å². The molecule has 0 unspecified atom stereocenters. The highest BCUT2D eigenvalue weighted by Gasteiger charge is 2.33. The van der Waals surface area contributed by atoms with Crippen LogP contribution in [0.2, 0.25) is 0 Å². The number of amides is 1. The van der Waals surface area contributed by atoms with Crippen molar-refractivity contribution in [3.63, 3.8) is 0 Å². The van der Waals surface area contributed by atoms with E-state index in [9.17, 15) is 18.0 Å². The van der Waals surface area contributed by atoms with Crippen LogP contribution in [0.5, 0.6) is 0 Å². The van der Waals surface area contributed by atoms with Gasteiger partial charge in [0.05, 0.1) is 16.8 Å². The van der Waals surface area contributed by atoms with E-state index in [1.54, 1.807) is 37.3 Å². The monoisotopic (exact) mass is 448 g/mol. The number of benzene rings is 1. The van der Waals surface area contributed by atoms with E-state index >= 15 is 0 Å². The fourth-order valence-electron chi connectivity index (χ4n) is 3.26. The smallest absolute Gasteiger partial charge is 0.237 e. The number of thioether (sulfide) groups is 1. The minimum Gasteiger partial charge on any atom is -0.325 e. The van der Waals surface area contributed by atoms with Crippen molar-refractivity contribution in [2.75, 3.05) is 16.8 Å². The molecule has 0 bridgehead atoms. The van der Waals surface area contributed by atoms with Gasteiger partial charge < -0.3 is 9.88 Å². The number of anilines is 1. The molecule has 1 N–H and O–H groups in total. The van der Waals surface area contributed by atoms with Gasteiger partial charge >= 0.3 is 0 Å². The van der Waals surface area contributed by atoms with E-state index in [1.165, 1.54) is 18.7 Å². The Morgan fingerprint density at radius 3 is 2.80 bits per heavy atom. The Hall–Kier alpha value is -2.46. The normalized spacial score (nSPS) is 18.7. The number of Topliss-reactive ketones (excluding diaryl/α,β-unsaturated/α-hetero) is 1. The van der Waals surface area contributed by atoms with Crippen LogP contribution in [0.4, 0.5) is 5.69 Å². The summed E-state index contributed by atoms with van der Waals surface area (Å²) in [4.78, 5) is 24.2. The number of nitrogens with zero attached hydrogens (tertiary/aromatic N) is 3. The first-order valence-electron chi connectivity index (χ1n) is 9.53. The molecule has 1 aromatic heterocycles. The molecule has 1 aromatic carbocycles. The highest BCUT2D eigenvalue weighted by atomic mass is 32.2. The van der Waals surface area contributed by atoms with Crippen LogP contribution in [0.1, 0.15) is 42.4 Å². The van der Waals surface area contributed by atoms with E-state index < -0.39 is 15.1 Å². The number of nitrogens with one attached hydrogen (secondary N) is 1. The molecule has 0 spiro atoms. The van der Waals surface area contributed by atoms with Crippen molar-refractivity contribution in [3.05, 3.63) is 48.3 Å². The lowest BCUT2D eigenvalue weighted by atomic mass is 10.1. The van der Waals surface area contributed by atoms with E-state index in [4.69, 9.17) is 0 Å². The van der Waals surface area contributed by atoms with Gasteiger partial charge in [-0.15, -0.1) is 16.8 Å². The lowest BCUT2D eigenvalue weighted by Crippen LogP contribution is -2.23. The zero-order valence-electron chi connectivity index (χ0n) is 16.9. The standard InChI is InChI=1S/C20H24N4O4S2/c1-4-9-24-18(16-8-10-30(27,28)12-16)22-23-20(24)29-14(3)19(26)21-17-7-5-6-15(11-17)13(2)25/h4-7,11,14,16H,1,8-10,12H2,2-3H3,(H,21,26)/t14-,16-/m1/s1. The second-order valence-electron chi connectivity index (χ2n) is 7.23. The third-order valence-electron chi connectivity index (χ3n) is 4.84. The van der Waals surface area contributed by atoms with E-state index in [0.29, 0.717) is 35.2 Å². The fraction of sp³-hybridized carbons (Fsp3) is 0.400. The molecule has 0 saturated carbocycles. The van der Waals surface area contributed by atoms with Gasteiger partial charge in [-0.25, -0.2) is 8.42 Å².